The molecule has 0 spiro atoms. The molecule has 0 unspecified atom stereocenters. The number of ether oxygens (including phenoxy) is 1. The Balaban J connectivity index is 1.26. The molecule has 8 heteroatoms. The molecule has 1 aliphatic heterocycles. The van der Waals surface area contributed by atoms with Crippen LogP contribution in [0.3, 0.4) is 0 Å². The molecule has 182 valence electrons. The normalized spacial score (nSPS) is 14.3. The van der Waals surface area contributed by atoms with E-state index in [1.165, 1.54) is 0 Å². The third kappa shape index (κ3) is 5.30. The number of carbonyl (C=O) groups excluding carboxylic acids is 3. The minimum Gasteiger partial charge on any atom is -0.423 e. The van der Waals surface area contributed by atoms with Crippen molar-refractivity contribution >= 4 is 62.9 Å². The van der Waals surface area contributed by atoms with E-state index < -0.39 is 17.8 Å². The van der Waals surface area contributed by atoms with Crippen molar-refractivity contribution in [3.63, 3.8) is 0 Å². The van der Waals surface area contributed by atoms with Crippen LogP contribution in [0.2, 0.25) is 0 Å². The summed E-state index contributed by atoms with van der Waals surface area (Å²) in [6, 6.07) is 26.9. The summed E-state index contributed by atoms with van der Waals surface area (Å²) in [5, 5.41) is 2.86. The molecule has 2 amide bonds. The number of amides is 2. The summed E-state index contributed by atoms with van der Waals surface area (Å²) in [7, 11) is 0. The van der Waals surface area contributed by atoms with E-state index in [1.54, 1.807) is 48.5 Å². The highest BCUT2D eigenvalue weighted by atomic mass is 32.2. The zero-order valence-electron chi connectivity index (χ0n) is 19.6. The van der Waals surface area contributed by atoms with E-state index in [1.807, 2.05) is 55.5 Å². The molecular formula is C29H20N2O4S2. The number of thioether (sulfide) groups is 1. The van der Waals surface area contributed by atoms with Gasteiger partial charge in [0.25, 0.3) is 11.8 Å². The van der Waals surface area contributed by atoms with Crippen molar-refractivity contribution in [1.29, 1.82) is 0 Å². The second-order valence-electron chi connectivity index (χ2n) is 8.31. The third-order valence-corrected chi connectivity index (χ3v) is 7.02. The largest absolute Gasteiger partial charge is 0.423 e. The average molecular weight is 525 g/mol. The molecule has 4 aromatic carbocycles. The number of hydrogen-bond donors (Lipinski definition) is 1. The molecule has 0 atom stereocenters. The number of hydrazine groups is 1. The van der Waals surface area contributed by atoms with Crippen LogP contribution < -0.4 is 10.2 Å². The minimum absolute atomic E-state index is 0.234. The zero-order chi connectivity index (χ0) is 25.9. The Morgan fingerprint density at radius 3 is 2.38 bits per heavy atom. The van der Waals surface area contributed by atoms with Gasteiger partial charge < -0.3 is 4.74 Å². The van der Waals surface area contributed by atoms with Gasteiger partial charge in [-0.05, 0) is 71.9 Å². The van der Waals surface area contributed by atoms with Crippen molar-refractivity contribution in [2.45, 2.75) is 6.92 Å². The maximum absolute atomic E-state index is 12.9. The monoisotopic (exact) mass is 524 g/mol. The standard InChI is InChI=1S/C29H20N2O4S2/c1-18-9-13-21(14-10-18)26(32)30-31-27(33)25(37-29(31)36)17-19-11-15-22(16-12-19)35-28(34)24-8-4-6-20-5-2-3-7-23(20)24/h2-17H,1H3,(H,30,32)/b25-17+. The average Bonchev–Trinajstić information content (AvgIpc) is 3.17. The van der Waals surface area contributed by atoms with Gasteiger partial charge in [0.05, 0.1) is 10.5 Å². The van der Waals surface area contributed by atoms with E-state index in [9.17, 15) is 14.4 Å². The van der Waals surface area contributed by atoms with Gasteiger partial charge in [-0.1, -0.05) is 78.0 Å². The maximum atomic E-state index is 12.9. The molecule has 0 aliphatic carbocycles. The zero-order valence-corrected chi connectivity index (χ0v) is 21.3. The molecule has 1 N–H and O–H groups in total. The number of aryl methyl sites for hydroxylation is 1. The van der Waals surface area contributed by atoms with E-state index in [2.05, 4.69) is 5.43 Å². The van der Waals surface area contributed by atoms with E-state index >= 15 is 0 Å². The Kier molecular flexibility index (Phi) is 6.85. The molecule has 0 radical (unpaired) electrons. The molecular weight excluding hydrogens is 504 g/mol. The van der Waals surface area contributed by atoms with Gasteiger partial charge in [0, 0.05) is 5.56 Å². The number of esters is 1. The smallest absolute Gasteiger partial charge is 0.344 e. The predicted octanol–water partition coefficient (Wildman–Crippen LogP) is 5.91. The topological polar surface area (TPSA) is 75.7 Å². The molecule has 37 heavy (non-hydrogen) atoms. The van der Waals surface area contributed by atoms with Crippen molar-refractivity contribution in [2.75, 3.05) is 0 Å². The van der Waals surface area contributed by atoms with Gasteiger partial charge in [0.1, 0.15) is 5.75 Å². The van der Waals surface area contributed by atoms with Crippen LogP contribution in [-0.2, 0) is 4.79 Å². The third-order valence-electron chi connectivity index (χ3n) is 5.72. The lowest BCUT2D eigenvalue weighted by molar-refractivity contribution is -0.123. The van der Waals surface area contributed by atoms with E-state index in [0.717, 1.165) is 38.7 Å². The van der Waals surface area contributed by atoms with Gasteiger partial charge in [-0.2, -0.15) is 5.01 Å². The van der Waals surface area contributed by atoms with Crippen molar-refractivity contribution in [2.24, 2.45) is 0 Å². The summed E-state index contributed by atoms with van der Waals surface area (Å²) in [6.07, 6.45) is 1.67. The van der Waals surface area contributed by atoms with Crippen molar-refractivity contribution < 1.29 is 19.1 Å². The van der Waals surface area contributed by atoms with Gasteiger partial charge >= 0.3 is 5.97 Å². The summed E-state index contributed by atoms with van der Waals surface area (Å²) < 4.78 is 5.81. The van der Waals surface area contributed by atoms with E-state index in [4.69, 9.17) is 17.0 Å². The van der Waals surface area contributed by atoms with Crippen LogP contribution in [0.5, 0.6) is 5.75 Å². The SMILES string of the molecule is Cc1ccc(C(=O)NN2C(=O)/C(=C\c3ccc(OC(=O)c4cccc5ccccc45)cc3)SC2=S)cc1. The lowest BCUT2D eigenvalue weighted by Gasteiger charge is -2.15. The molecule has 0 saturated carbocycles. The highest BCUT2D eigenvalue weighted by Crippen LogP contribution is 2.32. The number of nitrogens with one attached hydrogen (secondary N) is 1. The number of benzene rings is 4. The van der Waals surface area contributed by atoms with E-state index in [-0.39, 0.29) is 4.32 Å². The first kappa shape index (κ1) is 24.4. The van der Waals surface area contributed by atoms with Crippen molar-refractivity contribution in [1.82, 2.24) is 10.4 Å². The fourth-order valence-corrected chi connectivity index (χ4v) is 4.96. The summed E-state index contributed by atoms with van der Waals surface area (Å²) in [4.78, 5) is 38.6. The summed E-state index contributed by atoms with van der Waals surface area (Å²) in [5.41, 5.74) is 5.23. The first-order chi connectivity index (χ1) is 17.9. The Labute approximate surface area is 222 Å². The Morgan fingerprint density at radius 2 is 1.62 bits per heavy atom. The Morgan fingerprint density at radius 1 is 0.919 bits per heavy atom. The number of fused-ring (bicyclic) bond motifs is 1. The fourth-order valence-electron chi connectivity index (χ4n) is 3.78. The van der Waals surface area contributed by atoms with Gasteiger partial charge in [-0.15, -0.1) is 0 Å². The van der Waals surface area contributed by atoms with Gasteiger partial charge in [-0.3, -0.25) is 15.0 Å². The summed E-state index contributed by atoms with van der Waals surface area (Å²) in [5.74, 6) is -0.903. The molecule has 1 aliphatic rings. The number of nitrogens with zero attached hydrogens (tertiary/aromatic N) is 1. The summed E-state index contributed by atoms with van der Waals surface area (Å²) in [6.45, 7) is 1.93. The van der Waals surface area contributed by atoms with Crippen LogP contribution in [0.1, 0.15) is 31.8 Å². The number of carbonyl (C=O) groups is 3. The molecule has 1 saturated heterocycles. The predicted molar refractivity (Wildman–Crippen MR) is 149 cm³/mol. The van der Waals surface area contributed by atoms with Crippen LogP contribution in [-0.4, -0.2) is 27.1 Å². The minimum atomic E-state index is -0.449. The summed E-state index contributed by atoms with van der Waals surface area (Å²) >= 11 is 6.40. The Bertz CT molecular complexity index is 1570. The number of hydrogen-bond acceptors (Lipinski definition) is 6. The molecule has 4 aromatic rings. The van der Waals surface area contributed by atoms with Crippen molar-refractivity contribution in [3.05, 3.63) is 118 Å². The van der Waals surface area contributed by atoms with E-state index in [0.29, 0.717) is 21.8 Å². The molecule has 1 fully saturated rings. The lowest BCUT2D eigenvalue weighted by Crippen LogP contribution is -2.44. The Hall–Kier alpha value is -4.27. The quantitative estimate of drug-likeness (QED) is 0.151. The number of rotatable bonds is 5. The highest BCUT2D eigenvalue weighted by Gasteiger charge is 2.33. The van der Waals surface area contributed by atoms with Crippen LogP contribution in [0.15, 0.2) is 95.9 Å². The molecule has 1 heterocycles. The van der Waals surface area contributed by atoms with Crippen molar-refractivity contribution in [3.8, 4) is 5.75 Å². The van der Waals surface area contributed by atoms with Crippen LogP contribution in [0, 0.1) is 6.92 Å². The highest BCUT2D eigenvalue weighted by molar-refractivity contribution is 8.26. The molecule has 0 bridgehead atoms. The first-order valence-corrected chi connectivity index (χ1v) is 12.6. The van der Waals surface area contributed by atoms with Gasteiger partial charge in [0.2, 0.25) is 0 Å². The lowest BCUT2D eigenvalue weighted by atomic mass is 10.0. The molecule has 5 rings (SSSR count). The van der Waals surface area contributed by atoms with Crippen LogP contribution in [0.4, 0.5) is 0 Å². The number of thiocarbonyl (C=S) groups is 1. The van der Waals surface area contributed by atoms with Crippen LogP contribution >= 0.6 is 24.0 Å². The van der Waals surface area contributed by atoms with Crippen LogP contribution in [0.25, 0.3) is 16.8 Å². The molecule has 6 nitrogen and oxygen atoms in total. The molecule has 0 aromatic heterocycles. The second kappa shape index (κ2) is 10.4. The fraction of sp³-hybridized carbons (Fsp3) is 0.0345. The maximum Gasteiger partial charge on any atom is 0.344 e. The van der Waals surface area contributed by atoms with Gasteiger partial charge in [-0.25, -0.2) is 4.79 Å². The second-order valence-corrected chi connectivity index (χ2v) is 9.99. The van der Waals surface area contributed by atoms with Gasteiger partial charge in [0.15, 0.2) is 4.32 Å². The first-order valence-electron chi connectivity index (χ1n) is 11.3.